The molecule has 0 saturated carbocycles. The first-order valence-corrected chi connectivity index (χ1v) is 11.0. The number of allylic oxidation sites excluding steroid dienone is 1. The van der Waals surface area contributed by atoms with Gasteiger partial charge >= 0.3 is 12.0 Å². The second-order valence-corrected chi connectivity index (χ2v) is 8.10. The molecule has 34 heavy (non-hydrogen) atoms. The molecule has 1 aliphatic heterocycles. The Kier molecular flexibility index (Phi) is 7.21. The van der Waals surface area contributed by atoms with Gasteiger partial charge in [0.05, 0.1) is 17.2 Å². The largest absolute Gasteiger partial charge is 0.457 e. The van der Waals surface area contributed by atoms with Crippen molar-refractivity contribution in [2.45, 2.75) is 25.5 Å². The Labute approximate surface area is 202 Å². The van der Waals surface area contributed by atoms with Crippen LogP contribution in [0.25, 0.3) is 0 Å². The molecular formula is C26H21ClN4O3. The Balaban J connectivity index is 1.69. The number of halogens is 1. The molecule has 2 heterocycles. The van der Waals surface area contributed by atoms with Crippen LogP contribution in [0.1, 0.15) is 34.7 Å². The fraction of sp³-hybridized carbons (Fsp3) is 0.154. The SMILES string of the molecule is N#Cc1cncc(C2NC(=O)NC(CCc3ccccc3Cl)=C2C(=O)OCc2ccccc2)c1. The van der Waals surface area contributed by atoms with Gasteiger partial charge in [-0.15, -0.1) is 0 Å². The molecule has 0 bridgehead atoms. The van der Waals surface area contributed by atoms with Gasteiger partial charge in [0.1, 0.15) is 12.7 Å². The summed E-state index contributed by atoms with van der Waals surface area (Å²) in [4.78, 5) is 29.9. The third-order valence-corrected chi connectivity index (χ3v) is 5.78. The van der Waals surface area contributed by atoms with Crippen LogP contribution < -0.4 is 10.6 Å². The molecule has 1 aromatic heterocycles. The molecule has 0 spiro atoms. The zero-order valence-corrected chi connectivity index (χ0v) is 18.9. The molecule has 1 aliphatic rings. The summed E-state index contributed by atoms with van der Waals surface area (Å²) in [6.07, 6.45) is 3.80. The van der Waals surface area contributed by atoms with Crippen LogP contribution in [0, 0.1) is 11.3 Å². The Bertz CT molecular complexity index is 1280. The molecule has 4 rings (SSSR count). The van der Waals surface area contributed by atoms with E-state index in [1.54, 1.807) is 12.1 Å². The van der Waals surface area contributed by atoms with E-state index in [-0.39, 0.29) is 12.2 Å². The molecule has 0 saturated heterocycles. The molecule has 8 heteroatoms. The molecule has 1 unspecified atom stereocenters. The van der Waals surface area contributed by atoms with Crippen molar-refractivity contribution >= 4 is 23.6 Å². The third-order valence-electron chi connectivity index (χ3n) is 5.41. The van der Waals surface area contributed by atoms with E-state index in [2.05, 4.69) is 15.6 Å². The number of nitriles is 1. The third kappa shape index (κ3) is 5.42. The van der Waals surface area contributed by atoms with E-state index in [1.165, 1.54) is 12.4 Å². The molecule has 3 aromatic rings. The van der Waals surface area contributed by atoms with Gasteiger partial charge in [0.2, 0.25) is 0 Å². The van der Waals surface area contributed by atoms with Crippen molar-refractivity contribution in [3.63, 3.8) is 0 Å². The van der Waals surface area contributed by atoms with Crippen LogP contribution in [0.5, 0.6) is 0 Å². The lowest BCUT2D eigenvalue weighted by Gasteiger charge is -2.29. The second kappa shape index (κ2) is 10.6. The summed E-state index contributed by atoms with van der Waals surface area (Å²) >= 11 is 6.30. The van der Waals surface area contributed by atoms with Gasteiger partial charge in [-0.3, -0.25) is 4.98 Å². The Morgan fingerprint density at radius 3 is 2.62 bits per heavy atom. The van der Waals surface area contributed by atoms with Crippen LogP contribution in [-0.2, 0) is 22.6 Å². The van der Waals surface area contributed by atoms with E-state index >= 15 is 0 Å². The minimum absolute atomic E-state index is 0.0815. The molecular weight excluding hydrogens is 452 g/mol. The number of hydrogen-bond donors (Lipinski definition) is 2. The van der Waals surface area contributed by atoms with E-state index in [0.29, 0.717) is 34.7 Å². The molecule has 170 valence electrons. The van der Waals surface area contributed by atoms with Gasteiger partial charge < -0.3 is 15.4 Å². The van der Waals surface area contributed by atoms with Crippen LogP contribution in [0.15, 0.2) is 84.3 Å². The Hall–Kier alpha value is -4.15. The number of hydrogen-bond acceptors (Lipinski definition) is 5. The van der Waals surface area contributed by atoms with Gasteiger partial charge in [0, 0.05) is 23.1 Å². The number of ether oxygens (including phenoxy) is 1. The van der Waals surface area contributed by atoms with E-state index < -0.39 is 18.0 Å². The highest BCUT2D eigenvalue weighted by atomic mass is 35.5. The highest BCUT2D eigenvalue weighted by molar-refractivity contribution is 6.31. The van der Waals surface area contributed by atoms with Crippen LogP contribution in [0.3, 0.4) is 0 Å². The number of rotatable bonds is 7. The fourth-order valence-corrected chi connectivity index (χ4v) is 3.97. The molecule has 0 radical (unpaired) electrons. The van der Waals surface area contributed by atoms with Crippen LogP contribution in [-0.4, -0.2) is 17.0 Å². The average molecular weight is 473 g/mol. The number of pyridine rings is 1. The lowest BCUT2D eigenvalue weighted by atomic mass is 9.93. The quantitative estimate of drug-likeness (QED) is 0.489. The van der Waals surface area contributed by atoms with E-state index in [1.807, 2.05) is 54.6 Å². The number of aryl methyl sites for hydroxylation is 1. The van der Waals surface area contributed by atoms with Gasteiger partial charge in [0.15, 0.2) is 0 Å². The van der Waals surface area contributed by atoms with Gasteiger partial charge in [-0.1, -0.05) is 60.1 Å². The van der Waals surface area contributed by atoms with Crippen molar-refractivity contribution in [1.29, 1.82) is 5.26 Å². The molecule has 2 amide bonds. The molecule has 2 aromatic carbocycles. The summed E-state index contributed by atoms with van der Waals surface area (Å²) in [5.41, 5.74) is 3.27. The number of carbonyl (C=O) groups is 2. The number of esters is 1. The fourth-order valence-electron chi connectivity index (χ4n) is 3.74. The van der Waals surface area contributed by atoms with Gasteiger partial charge in [-0.2, -0.15) is 5.26 Å². The van der Waals surface area contributed by atoms with Gasteiger partial charge in [-0.25, -0.2) is 9.59 Å². The normalized spacial score (nSPS) is 15.2. The van der Waals surface area contributed by atoms with Crippen molar-refractivity contribution in [3.05, 3.63) is 112 Å². The number of benzene rings is 2. The van der Waals surface area contributed by atoms with Crippen molar-refractivity contribution in [2.75, 3.05) is 0 Å². The summed E-state index contributed by atoms with van der Waals surface area (Å²) in [6, 6.07) is 19.1. The average Bonchev–Trinajstić information content (AvgIpc) is 2.87. The first-order chi connectivity index (χ1) is 16.5. The molecule has 7 nitrogen and oxygen atoms in total. The Morgan fingerprint density at radius 1 is 1.09 bits per heavy atom. The summed E-state index contributed by atoms with van der Waals surface area (Å²) in [6.45, 7) is 0.0815. The van der Waals surface area contributed by atoms with Gasteiger partial charge in [-0.05, 0) is 41.7 Å². The van der Waals surface area contributed by atoms with Crippen molar-refractivity contribution in [1.82, 2.24) is 15.6 Å². The molecule has 1 atom stereocenters. The number of amides is 2. The molecule has 0 aliphatic carbocycles. The lowest BCUT2D eigenvalue weighted by molar-refractivity contribution is -0.140. The molecule has 2 N–H and O–H groups in total. The predicted octanol–water partition coefficient (Wildman–Crippen LogP) is 4.59. The van der Waals surface area contributed by atoms with Crippen LogP contribution in [0.4, 0.5) is 4.79 Å². The summed E-state index contributed by atoms with van der Waals surface area (Å²) < 4.78 is 5.62. The number of aromatic nitrogens is 1. The zero-order valence-electron chi connectivity index (χ0n) is 18.1. The lowest BCUT2D eigenvalue weighted by Crippen LogP contribution is -2.46. The van der Waals surface area contributed by atoms with Crippen molar-refractivity contribution in [2.24, 2.45) is 0 Å². The topological polar surface area (TPSA) is 104 Å². The van der Waals surface area contributed by atoms with E-state index in [9.17, 15) is 14.9 Å². The first-order valence-electron chi connectivity index (χ1n) is 10.6. The van der Waals surface area contributed by atoms with Crippen LogP contribution >= 0.6 is 11.6 Å². The maximum atomic E-state index is 13.3. The number of nitrogens with zero attached hydrogens (tertiary/aromatic N) is 2. The second-order valence-electron chi connectivity index (χ2n) is 7.70. The van der Waals surface area contributed by atoms with Crippen molar-refractivity contribution in [3.8, 4) is 6.07 Å². The minimum atomic E-state index is -0.820. The Morgan fingerprint density at radius 2 is 1.85 bits per heavy atom. The highest BCUT2D eigenvalue weighted by Gasteiger charge is 2.34. The summed E-state index contributed by atoms with van der Waals surface area (Å²) in [7, 11) is 0. The maximum absolute atomic E-state index is 13.3. The first kappa shape index (κ1) is 23.0. The monoisotopic (exact) mass is 472 g/mol. The highest BCUT2D eigenvalue weighted by Crippen LogP contribution is 2.30. The number of urea groups is 1. The van der Waals surface area contributed by atoms with Crippen molar-refractivity contribution < 1.29 is 14.3 Å². The maximum Gasteiger partial charge on any atom is 0.338 e. The van der Waals surface area contributed by atoms with E-state index in [0.717, 1.165) is 11.1 Å². The number of carbonyl (C=O) groups excluding carboxylic acids is 2. The van der Waals surface area contributed by atoms with E-state index in [4.69, 9.17) is 16.3 Å². The molecule has 0 fully saturated rings. The summed E-state index contributed by atoms with van der Waals surface area (Å²) in [5.74, 6) is -0.571. The smallest absolute Gasteiger partial charge is 0.338 e. The zero-order chi connectivity index (χ0) is 23.9. The minimum Gasteiger partial charge on any atom is -0.457 e. The standard InChI is InChI=1S/C26H21ClN4O3/c27-21-9-5-4-8-19(21)10-11-22-23(25(32)34-16-17-6-2-1-3-7-17)24(31-26(33)30-22)20-12-18(13-28)14-29-15-20/h1-9,12,14-15,24H,10-11,16H2,(H2,30,31,33). The predicted molar refractivity (Wildman–Crippen MR) is 126 cm³/mol. The summed E-state index contributed by atoms with van der Waals surface area (Å²) in [5, 5.41) is 15.4. The number of nitrogens with one attached hydrogen (secondary N) is 2. The van der Waals surface area contributed by atoms with Gasteiger partial charge in [0.25, 0.3) is 0 Å². The van der Waals surface area contributed by atoms with Crippen LogP contribution in [0.2, 0.25) is 5.02 Å².